The Morgan fingerprint density at radius 3 is 2.28 bits per heavy atom. The van der Waals surface area contributed by atoms with Crippen LogP contribution in [0.25, 0.3) is 5.57 Å². The molecule has 2 aromatic carbocycles. The van der Waals surface area contributed by atoms with E-state index in [1.165, 1.54) is 18.2 Å². The molecule has 9 nitrogen and oxygen atoms in total. The first-order valence-corrected chi connectivity index (χ1v) is 11.4. The van der Waals surface area contributed by atoms with Crippen molar-refractivity contribution < 1.29 is 23.3 Å². The fraction of sp³-hybridized carbons (Fsp3) is 0.227. The van der Waals surface area contributed by atoms with E-state index in [0.29, 0.717) is 5.56 Å². The van der Waals surface area contributed by atoms with E-state index in [9.17, 15) is 19.9 Å². The lowest BCUT2D eigenvalue weighted by atomic mass is 9.80. The van der Waals surface area contributed by atoms with Gasteiger partial charge in [-0.05, 0) is 19.4 Å². The molecule has 32 heavy (non-hydrogen) atoms. The Kier molecular flexibility index (Phi) is 7.11. The van der Waals surface area contributed by atoms with Crippen molar-refractivity contribution in [1.29, 1.82) is 5.26 Å². The van der Waals surface area contributed by atoms with E-state index in [0.717, 1.165) is 0 Å². The molecular formula is C22H22N3O6P. The molecule has 0 aliphatic carbocycles. The minimum Gasteiger partial charge on any atom is -0.432 e. The molecule has 3 rings (SSSR count). The van der Waals surface area contributed by atoms with Crippen molar-refractivity contribution in [2.45, 2.75) is 19.8 Å². The lowest BCUT2D eigenvalue weighted by molar-refractivity contribution is -0.385. The first-order chi connectivity index (χ1) is 15.4. The molecule has 10 heteroatoms. The highest BCUT2D eigenvalue weighted by molar-refractivity contribution is 7.58. The molecule has 1 atom stereocenters. The fourth-order valence-electron chi connectivity index (χ4n) is 3.56. The molecule has 0 spiro atoms. The van der Waals surface area contributed by atoms with E-state index in [4.69, 9.17) is 19.5 Å². The topological polar surface area (TPSA) is 138 Å². The van der Waals surface area contributed by atoms with Gasteiger partial charge in [-0.2, -0.15) is 5.26 Å². The molecule has 0 amide bonds. The van der Waals surface area contributed by atoms with Gasteiger partial charge in [0.05, 0.1) is 24.1 Å². The highest BCUT2D eigenvalue weighted by Gasteiger charge is 2.45. The largest absolute Gasteiger partial charge is 0.432 e. The Bertz CT molecular complexity index is 1160. The number of hydrogen-bond donors (Lipinski definition) is 1. The van der Waals surface area contributed by atoms with E-state index in [2.05, 4.69) is 0 Å². The number of hydrogen-bond acceptors (Lipinski definition) is 8. The van der Waals surface area contributed by atoms with E-state index in [1.54, 1.807) is 50.2 Å². The zero-order valence-electron chi connectivity index (χ0n) is 17.6. The highest BCUT2D eigenvalue weighted by Crippen LogP contribution is 2.63. The van der Waals surface area contributed by atoms with Gasteiger partial charge in [-0.15, -0.1) is 0 Å². The van der Waals surface area contributed by atoms with Gasteiger partial charge in [0.1, 0.15) is 11.6 Å². The number of benzene rings is 2. The Hall–Kier alpha value is -3.44. The van der Waals surface area contributed by atoms with Crippen molar-refractivity contribution in [3.8, 4) is 6.07 Å². The summed E-state index contributed by atoms with van der Waals surface area (Å²) in [5.41, 5.74) is 6.62. The zero-order chi connectivity index (χ0) is 23.3. The number of nitrogens with zero attached hydrogens (tertiary/aromatic N) is 2. The number of para-hydroxylation sites is 1. The highest BCUT2D eigenvalue weighted by atomic mass is 31.2. The van der Waals surface area contributed by atoms with E-state index >= 15 is 0 Å². The Morgan fingerprint density at radius 2 is 1.72 bits per heavy atom. The number of nitro groups is 1. The second-order valence-corrected chi connectivity index (χ2v) is 8.58. The Morgan fingerprint density at radius 1 is 1.12 bits per heavy atom. The van der Waals surface area contributed by atoms with Crippen LogP contribution >= 0.6 is 7.60 Å². The predicted molar refractivity (Wildman–Crippen MR) is 118 cm³/mol. The summed E-state index contributed by atoms with van der Waals surface area (Å²) in [6.07, 6.45) is 0. The van der Waals surface area contributed by atoms with Gasteiger partial charge in [0.2, 0.25) is 11.4 Å². The minimum atomic E-state index is -4.02. The molecular weight excluding hydrogens is 433 g/mol. The summed E-state index contributed by atoms with van der Waals surface area (Å²) < 4.78 is 30.5. The Balaban J connectivity index is 2.43. The molecule has 166 valence electrons. The fourth-order valence-corrected chi connectivity index (χ4v) is 5.31. The number of nitro benzene ring substituents is 1. The molecule has 0 saturated carbocycles. The molecule has 0 bridgehead atoms. The third-order valence-electron chi connectivity index (χ3n) is 4.78. The maximum absolute atomic E-state index is 13.8. The number of allylic oxidation sites excluding steroid dienone is 2. The summed E-state index contributed by atoms with van der Waals surface area (Å²) in [5.74, 6) is -1.34. The summed E-state index contributed by atoms with van der Waals surface area (Å²) >= 11 is 0. The SMILES string of the molecule is CCOP(=O)(OCC)C1=C(c2ccccc2)C(c2ccccc2[N+](=O)[O-])C(C#N)=C(N)O1. The van der Waals surface area contributed by atoms with Crippen molar-refractivity contribution in [1.82, 2.24) is 0 Å². The van der Waals surface area contributed by atoms with Crippen LogP contribution in [0.4, 0.5) is 5.69 Å². The zero-order valence-corrected chi connectivity index (χ0v) is 18.5. The van der Waals surface area contributed by atoms with Gasteiger partial charge in [-0.3, -0.25) is 14.7 Å². The van der Waals surface area contributed by atoms with Crippen LogP contribution in [0.3, 0.4) is 0 Å². The maximum Gasteiger partial charge on any atom is 0.396 e. The van der Waals surface area contributed by atoms with Gasteiger partial charge < -0.3 is 19.5 Å². The summed E-state index contributed by atoms with van der Waals surface area (Å²) in [4.78, 5) is 11.3. The molecule has 0 aromatic heterocycles. The summed E-state index contributed by atoms with van der Waals surface area (Å²) in [6, 6.07) is 16.7. The monoisotopic (exact) mass is 455 g/mol. The lowest BCUT2D eigenvalue weighted by Gasteiger charge is -2.31. The van der Waals surface area contributed by atoms with Crippen molar-refractivity contribution in [3.63, 3.8) is 0 Å². The number of ether oxygens (including phenoxy) is 1. The number of nitrogens with two attached hydrogens (primary N) is 1. The molecule has 0 radical (unpaired) electrons. The molecule has 2 aromatic rings. The normalized spacial score (nSPS) is 16.5. The predicted octanol–water partition coefficient (Wildman–Crippen LogP) is 5.04. The summed E-state index contributed by atoms with van der Waals surface area (Å²) in [6.45, 7) is 3.40. The first kappa shape index (κ1) is 23.2. The van der Waals surface area contributed by atoms with Gasteiger partial charge in [0.15, 0.2) is 0 Å². The number of rotatable bonds is 8. The molecule has 0 fully saturated rings. The van der Waals surface area contributed by atoms with Gasteiger partial charge >= 0.3 is 7.60 Å². The van der Waals surface area contributed by atoms with Crippen LogP contribution in [0.1, 0.15) is 30.9 Å². The molecule has 2 N–H and O–H groups in total. The van der Waals surface area contributed by atoms with Crippen molar-refractivity contribution >= 4 is 18.9 Å². The van der Waals surface area contributed by atoms with Gasteiger partial charge in [0, 0.05) is 17.2 Å². The third kappa shape index (κ3) is 4.30. The maximum atomic E-state index is 13.8. The van der Waals surface area contributed by atoms with E-state index < -0.39 is 18.4 Å². The summed E-state index contributed by atoms with van der Waals surface area (Å²) in [7, 11) is -4.02. The van der Waals surface area contributed by atoms with Crippen LogP contribution in [0.2, 0.25) is 0 Å². The van der Waals surface area contributed by atoms with Crippen LogP contribution < -0.4 is 5.73 Å². The van der Waals surface area contributed by atoms with Crippen LogP contribution in [0, 0.1) is 21.4 Å². The molecule has 1 unspecified atom stereocenters. The van der Waals surface area contributed by atoms with E-state index in [1.807, 2.05) is 6.07 Å². The van der Waals surface area contributed by atoms with Gasteiger partial charge in [-0.25, -0.2) is 0 Å². The standard InChI is InChI=1S/C22H22N3O6P/c1-3-29-32(28,30-4-2)22-19(15-10-6-5-7-11-15)20(17(14-23)21(24)31-22)16-12-8-9-13-18(16)25(26)27/h5-13,20H,3-4,24H2,1-2H3. The second kappa shape index (κ2) is 9.79. The van der Waals surface area contributed by atoms with Crippen molar-refractivity contribution in [3.05, 3.63) is 92.8 Å². The summed E-state index contributed by atoms with van der Waals surface area (Å²) in [5, 5.41) is 21.7. The van der Waals surface area contributed by atoms with Crippen LogP contribution in [-0.4, -0.2) is 18.1 Å². The van der Waals surface area contributed by atoms with Crippen LogP contribution in [-0.2, 0) is 18.3 Å². The van der Waals surface area contributed by atoms with Crippen molar-refractivity contribution in [2.75, 3.05) is 13.2 Å². The minimum absolute atomic E-state index is 0.0403. The lowest BCUT2D eigenvalue weighted by Crippen LogP contribution is -2.22. The smallest absolute Gasteiger partial charge is 0.396 e. The van der Waals surface area contributed by atoms with Crippen LogP contribution in [0.5, 0.6) is 0 Å². The average Bonchev–Trinajstić information content (AvgIpc) is 2.79. The van der Waals surface area contributed by atoms with E-state index in [-0.39, 0.29) is 47.0 Å². The first-order valence-electron chi connectivity index (χ1n) is 9.88. The molecule has 1 heterocycles. The number of nitriles is 1. The van der Waals surface area contributed by atoms with Crippen molar-refractivity contribution in [2.24, 2.45) is 5.73 Å². The quantitative estimate of drug-likeness (QED) is 0.332. The third-order valence-corrected chi connectivity index (χ3v) is 6.80. The molecule has 1 aliphatic rings. The van der Waals surface area contributed by atoms with Gasteiger partial charge in [-0.1, -0.05) is 48.5 Å². The Labute approximate surface area is 185 Å². The molecule has 1 aliphatic heterocycles. The van der Waals surface area contributed by atoms with Crippen LogP contribution in [0.15, 0.2) is 71.6 Å². The average molecular weight is 455 g/mol. The molecule has 0 saturated heterocycles. The second-order valence-electron chi connectivity index (χ2n) is 6.66. The van der Waals surface area contributed by atoms with Gasteiger partial charge in [0.25, 0.3) is 5.69 Å².